The van der Waals surface area contributed by atoms with E-state index in [0.29, 0.717) is 74.3 Å². The maximum absolute atomic E-state index is 15.0. The average molecular weight is 830 g/mol. The van der Waals surface area contributed by atoms with E-state index in [1.165, 1.54) is 6.07 Å². The third-order valence-electron chi connectivity index (χ3n) is 12.4. The van der Waals surface area contributed by atoms with E-state index >= 15 is 4.39 Å². The first-order valence-electron chi connectivity index (χ1n) is 21.8. The number of carbonyl (C=O) groups is 4. The molecule has 2 aromatic carbocycles. The number of alkyl carbamates (subject to hydrolysis) is 1. The number of carbonyl (C=O) groups excluding carboxylic acids is 4. The van der Waals surface area contributed by atoms with Crippen LogP contribution in [0.1, 0.15) is 100 Å². The van der Waals surface area contributed by atoms with Gasteiger partial charge in [0.25, 0.3) is 11.5 Å². The van der Waals surface area contributed by atoms with E-state index in [1.54, 1.807) is 34.1 Å². The highest BCUT2D eigenvalue weighted by molar-refractivity contribution is 5.95. The molecule has 0 bridgehead atoms. The first kappa shape index (κ1) is 43.2. The van der Waals surface area contributed by atoms with Gasteiger partial charge in [-0.3, -0.25) is 24.1 Å². The second-order valence-corrected chi connectivity index (χ2v) is 17.9. The van der Waals surface area contributed by atoms with E-state index in [0.717, 1.165) is 70.9 Å². The van der Waals surface area contributed by atoms with Gasteiger partial charge in [0.2, 0.25) is 11.8 Å². The summed E-state index contributed by atoms with van der Waals surface area (Å²) in [5.41, 5.74) is 0.364. The van der Waals surface area contributed by atoms with Crippen LogP contribution in [0.5, 0.6) is 0 Å². The highest BCUT2D eigenvalue weighted by atomic mass is 19.1. The number of rotatable bonds is 10. The second kappa shape index (κ2) is 19.2. The van der Waals surface area contributed by atoms with E-state index in [1.807, 2.05) is 37.8 Å². The third kappa shape index (κ3) is 10.9. The quantitative estimate of drug-likeness (QED) is 0.291. The molecule has 1 saturated carbocycles. The number of hydrogen-bond donors (Lipinski definition) is 2. The van der Waals surface area contributed by atoms with Crippen LogP contribution in [0.4, 0.5) is 9.18 Å². The van der Waals surface area contributed by atoms with Crippen molar-refractivity contribution in [3.63, 3.8) is 0 Å². The summed E-state index contributed by atoms with van der Waals surface area (Å²) in [5.74, 6) is -0.926. The Kier molecular flexibility index (Phi) is 13.8. The Morgan fingerprint density at radius 3 is 2.12 bits per heavy atom. The predicted molar refractivity (Wildman–Crippen MR) is 224 cm³/mol. The maximum Gasteiger partial charge on any atom is 0.408 e. The Morgan fingerprint density at radius 2 is 1.45 bits per heavy atom. The van der Waals surface area contributed by atoms with Gasteiger partial charge in [0.15, 0.2) is 0 Å². The standard InChI is InChI=1S/C45H60FN7O7/c1-45(2,3)60-44(58)47-40(31-9-5-4-6-10-31)43(57)52-21-17-33(18-22-52)59-32-15-19-50(20-16-32)29-39(54)51-23-25-53(26-24-51)42(56)36-27-30(13-14-37(36)46)28-38-34-11-7-8-12-35(34)41(55)49-48-38/h7-8,11-14,27,31-33,40H,4-6,9-10,15-26,28-29H2,1-3H3,(H,47,58)(H,49,55)/t40-/m1/s1. The summed E-state index contributed by atoms with van der Waals surface area (Å²) < 4.78 is 27.1. The molecule has 4 heterocycles. The van der Waals surface area contributed by atoms with Gasteiger partial charge in [-0.1, -0.05) is 43.5 Å². The summed E-state index contributed by atoms with van der Waals surface area (Å²) in [5, 5.41) is 10.9. The molecule has 0 radical (unpaired) electrons. The van der Waals surface area contributed by atoms with E-state index in [2.05, 4.69) is 20.4 Å². The van der Waals surface area contributed by atoms with Crippen molar-refractivity contribution in [1.29, 1.82) is 0 Å². The van der Waals surface area contributed by atoms with Gasteiger partial charge in [-0.2, -0.15) is 5.10 Å². The fourth-order valence-corrected chi connectivity index (χ4v) is 9.13. The molecule has 15 heteroatoms. The van der Waals surface area contributed by atoms with Gasteiger partial charge in [-0.25, -0.2) is 14.3 Å². The highest BCUT2D eigenvalue weighted by Gasteiger charge is 2.37. The minimum absolute atomic E-state index is 0.0139. The van der Waals surface area contributed by atoms with Crippen LogP contribution in [-0.4, -0.2) is 136 Å². The van der Waals surface area contributed by atoms with Crippen LogP contribution in [0.2, 0.25) is 0 Å². The molecule has 1 aliphatic carbocycles. The van der Waals surface area contributed by atoms with Crippen LogP contribution in [0.15, 0.2) is 47.3 Å². The molecule has 2 N–H and O–H groups in total. The predicted octanol–water partition coefficient (Wildman–Crippen LogP) is 4.88. The topological polar surface area (TPSA) is 157 Å². The normalized spacial score (nSPS) is 19.6. The number of benzene rings is 2. The van der Waals surface area contributed by atoms with Crippen molar-refractivity contribution in [3.8, 4) is 0 Å². The number of ether oxygens (including phenoxy) is 2. The van der Waals surface area contributed by atoms with Gasteiger partial charge in [-0.15, -0.1) is 0 Å². The molecule has 7 rings (SSSR count). The number of aromatic nitrogens is 2. The molecule has 324 valence electrons. The Bertz CT molecular complexity index is 2060. The molecule has 0 spiro atoms. The molecule has 14 nitrogen and oxygen atoms in total. The van der Waals surface area contributed by atoms with Crippen molar-refractivity contribution in [3.05, 3.63) is 75.5 Å². The summed E-state index contributed by atoms with van der Waals surface area (Å²) in [6, 6.07) is 11.0. The van der Waals surface area contributed by atoms with Gasteiger partial charge in [0.1, 0.15) is 17.5 Å². The molecule has 4 amide bonds. The number of piperazine rings is 1. The molecule has 0 unspecified atom stereocenters. The molecule has 1 aromatic heterocycles. The summed E-state index contributed by atoms with van der Waals surface area (Å²) in [6.45, 7) is 9.78. The molecule has 4 aliphatic rings. The van der Waals surface area contributed by atoms with E-state index in [9.17, 15) is 24.0 Å². The van der Waals surface area contributed by atoms with Gasteiger partial charge < -0.3 is 29.5 Å². The number of halogens is 1. The minimum Gasteiger partial charge on any atom is -0.444 e. The molecule has 3 saturated heterocycles. The first-order valence-corrected chi connectivity index (χ1v) is 21.8. The fraction of sp³-hybridized carbons (Fsp3) is 0.600. The van der Waals surface area contributed by atoms with E-state index in [-0.39, 0.29) is 41.1 Å². The van der Waals surface area contributed by atoms with Gasteiger partial charge >= 0.3 is 6.09 Å². The van der Waals surface area contributed by atoms with Crippen molar-refractivity contribution in [2.24, 2.45) is 5.92 Å². The van der Waals surface area contributed by atoms with Crippen molar-refractivity contribution in [2.45, 2.75) is 109 Å². The number of nitrogens with one attached hydrogen (secondary N) is 2. The lowest BCUT2D eigenvalue weighted by Crippen LogP contribution is -2.55. The van der Waals surface area contributed by atoms with Crippen LogP contribution in [0, 0.1) is 11.7 Å². The van der Waals surface area contributed by atoms with Crippen LogP contribution in [-0.2, 0) is 25.5 Å². The number of nitrogens with zero attached hydrogens (tertiary/aromatic N) is 5. The summed E-state index contributed by atoms with van der Waals surface area (Å²) in [4.78, 5) is 73.0. The maximum atomic E-state index is 15.0. The fourth-order valence-electron chi connectivity index (χ4n) is 9.13. The zero-order valence-electron chi connectivity index (χ0n) is 35.3. The number of fused-ring (bicyclic) bond motifs is 1. The van der Waals surface area contributed by atoms with E-state index in [4.69, 9.17) is 9.47 Å². The largest absolute Gasteiger partial charge is 0.444 e. The zero-order valence-corrected chi connectivity index (χ0v) is 35.3. The summed E-state index contributed by atoms with van der Waals surface area (Å²) in [7, 11) is 0. The van der Waals surface area contributed by atoms with Crippen LogP contribution in [0.3, 0.4) is 0 Å². The number of piperidine rings is 2. The minimum atomic E-state index is -0.643. The van der Waals surface area contributed by atoms with Crippen molar-refractivity contribution >= 4 is 34.6 Å². The number of likely N-dealkylation sites (tertiary alicyclic amines) is 2. The molecule has 60 heavy (non-hydrogen) atoms. The second-order valence-electron chi connectivity index (χ2n) is 17.9. The highest BCUT2D eigenvalue weighted by Crippen LogP contribution is 2.29. The lowest BCUT2D eigenvalue weighted by Gasteiger charge is -2.40. The van der Waals surface area contributed by atoms with Gasteiger partial charge in [0.05, 0.1) is 35.4 Å². The molecule has 3 aliphatic heterocycles. The van der Waals surface area contributed by atoms with Crippen molar-refractivity contribution in [2.75, 3.05) is 58.9 Å². The SMILES string of the molecule is CC(C)(C)OC(=O)N[C@@H](C(=O)N1CCC(OC2CCN(CC(=O)N3CCN(C(=O)c4cc(Cc5n[nH]c(=O)c6ccccc56)ccc4F)CC3)CC2)CC1)C1CCCCC1. The van der Waals surface area contributed by atoms with Crippen LogP contribution in [0.25, 0.3) is 10.8 Å². The van der Waals surface area contributed by atoms with Gasteiger partial charge in [0, 0.05) is 64.2 Å². The van der Waals surface area contributed by atoms with Gasteiger partial charge in [-0.05, 0) is 89.0 Å². The molecule has 4 fully saturated rings. The average Bonchev–Trinajstić information content (AvgIpc) is 3.25. The zero-order chi connectivity index (χ0) is 42.4. The molecular formula is C45H60FN7O7. The Hall–Kier alpha value is -4.89. The number of H-pyrrole nitrogens is 1. The monoisotopic (exact) mass is 829 g/mol. The Morgan fingerprint density at radius 1 is 0.817 bits per heavy atom. The number of hydrogen-bond acceptors (Lipinski definition) is 9. The van der Waals surface area contributed by atoms with Crippen LogP contribution < -0.4 is 10.9 Å². The lowest BCUT2D eigenvalue weighted by atomic mass is 9.83. The van der Waals surface area contributed by atoms with Crippen molar-refractivity contribution in [1.82, 2.24) is 35.1 Å². The molecular weight excluding hydrogens is 770 g/mol. The smallest absolute Gasteiger partial charge is 0.408 e. The number of aromatic amines is 1. The number of amides is 4. The molecule has 3 aromatic rings. The third-order valence-corrected chi connectivity index (χ3v) is 12.4. The van der Waals surface area contributed by atoms with E-state index < -0.39 is 29.5 Å². The van der Waals surface area contributed by atoms with Crippen molar-refractivity contribution < 1.29 is 33.0 Å². The Balaban J connectivity index is 0.828. The van der Waals surface area contributed by atoms with Crippen LogP contribution >= 0.6 is 0 Å². The summed E-state index contributed by atoms with van der Waals surface area (Å²) >= 11 is 0. The Labute approximate surface area is 351 Å². The lowest BCUT2D eigenvalue weighted by molar-refractivity contribution is -0.140. The summed E-state index contributed by atoms with van der Waals surface area (Å²) in [6.07, 6.45) is 8.16. The first-order chi connectivity index (χ1) is 28.8. The molecule has 1 atom stereocenters.